The fourth-order valence-electron chi connectivity index (χ4n) is 0. The van der Waals surface area contributed by atoms with Crippen LogP contribution < -0.4 is 0 Å². The van der Waals surface area contributed by atoms with Crippen LogP contribution in [0, 0.1) is 40.8 Å². The summed E-state index contributed by atoms with van der Waals surface area (Å²) in [6.45, 7) is 0. The van der Waals surface area contributed by atoms with E-state index < -0.39 is 0 Å². The average Bonchev–Trinajstić information content (AvgIpc) is 0. The van der Waals surface area contributed by atoms with E-state index in [0.717, 1.165) is 0 Å². The van der Waals surface area contributed by atoms with Crippen molar-refractivity contribution in [3.05, 3.63) is 0 Å². The molecule has 0 aliphatic rings. The van der Waals surface area contributed by atoms with Gasteiger partial charge in [-0.3, -0.25) is 0 Å². The fourth-order valence-corrected chi connectivity index (χ4v) is 0. The van der Waals surface area contributed by atoms with E-state index in [-0.39, 0.29) is 160 Å². The number of rotatable bonds is 0. The first-order chi connectivity index (χ1) is 0. The van der Waals surface area contributed by atoms with Crippen molar-refractivity contribution in [3.8, 4) is 0 Å². The molecule has 0 saturated carbocycles. The summed E-state index contributed by atoms with van der Waals surface area (Å²) in [5.74, 6) is 0. The van der Waals surface area contributed by atoms with Gasteiger partial charge in [0.25, 0.3) is 0 Å². The van der Waals surface area contributed by atoms with E-state index in [9.17, 15) is 0 Å². The Morgan fingerprint density at radius 1 is 0.250 bits per heavy atom. The summed E-state index contributed by atoms with van der Waals surface area (Å²) in [5.41, 5.74) is 0. The summed E-state index contributed by atoms with van der Waals surface area (Å²) in [4.78, 5) is 0. The van der Waals surface area contributed by atoms with Gasteiger partial charge in [-0.25, -0.2) is 0 Å². The number of hydrogen-bond acceptors (Lipinski definition) is 0. The van der Waals surface area contributed by atoms with Crippen molar-refractivity contribution < 1.29 is 160 Å². The third-order valence-corrected chi connectivity index (χ3v) is 0. The van der Waals surface area contributed by atoms with Crippen molar-refractivity contribution in [3.63, 3.8) is 0 Å². The molecule has 0 unspecified atom stereocenters. The molecule has 0 aromatic rings. The Labute approximate surface area is 157 Å². The maximum Gasteiger partial charge on any atom is 0 e. The predicted molar refractivity (Wildman–Crippen MR) is 0 cm³/mol. The minimum absolute atomic E-state index is 0. The van der Waals surface area contributed by atoms with Gasteiger partial charge in [0.15, 0.2) is 0 Å². The maximum absolute atomic E-state index is 0. The van der Waals surface area contributed by atoms with Crippen LogP contribution in [0.15, 0.2) is 0 Å². The fraction of sp³-hybridized carbons (Fsp3) is 0. The van der Waals surface area contributed by atoms with Crippen LogP contribution >= 0.6 is 0 Å². The van der Waals surface area contributed by atoms with Crippen LogP contribution in [0.25, 0.3) is 0 Å². The third kappa shape index (κ3) is 44.1. The van der Waals surface area contributed by atoms with Crippen molar-refractivity contribution >= 4 is 0 Å². The molecule has 0 atom stereocenters. The van der Waals surface area contributed by atoms with E-state index in [2.05, 4.69) is 0 Å². The van der Waals surface area contributed by atoms with E-state index >= 15 is 0 Å². The first-order valence-electron chi connectivity index (χ1n) is 0. The van der Waals surface area contributed by atoms with E-state index in [1.807, 2.05) is 0 Å². The molecule has 0 bridgehead atoms. The molecule has 0 rings (SSSR count). The summed E-state index contributed by atoms with van der Waals surface area (Å²) in [6, 6.07) is 0. The quantitative estimate of drug-likeness (QED) is 0.383. The molecule has 0 radical (unpaired) electrons. The van der Waals surface area contributed by atoms with Gasteiger partial charge in [0, 0.05) is 160 Å². The zero-order valence-electron chi connectivity index (χ0n) is 2.97. The van der Waals surface area contributed by atoms with E-state index in [1.54, 1.807) is 0 Å². The minimum atomic E-state index is 0. The second-order valence-electron chi connectivity index (χ2n) is 0. The molecule has 60 valence electrons. The van der Waals surface area contributed by atoms with E-state index in [4.69, 9.17) is 0 Å². The zero-order chi connectivity index (χ0) is 0. The Kier molecular flexibility index (Phi) is 546. The van der Waals surface area contributed by atoms with Gasteiger partial charge >= 0.3 is 0 Å². The molecule has 0 aromatic heterocycles. The summed E-state index contributed by atoms with van der Waals surface area (Å²) in [6.07, 6.45) is 0. The molecule has 0 fully saturated rings. The summed E-state index contributed by atoms with van der Waals surface area (Å²) in [7, 11) is 0. The molecule has 0 heterocycles. The molecule has 0 saturated heterocycles. The second-order valence-corrected chi connectivity index (χ2v) is 0. The molecule has 0 spiro atoms. The van der Waals surface area contributed by atoms with Crippen LogP contribution in [-0.2, 0) is 119 Å². The smallest absolute Gasteiger partial charge is 0 e. The Balaban J connectivity index is 0. The second kappa shape index (κ2) is 58.2. The van der Waals surface area contributed by atoms with Crippen LogP contribution in [-0.4, -0.2) is 0 Å². The van der Waals surface area contributed by atoms with Crippen LogP contribution in [0.1, 0.15) is 0 Å². The van der Waals surface area contributed by atoms with Gasteiger partial charge in [0.2, 0.25) is 0 Å². The molecular formula is Fe7Nd. The third-order valence-electron chi connectivity index (χ3n) is 0. The van der Waals surface area contributed by atoms with Gasteiger partial charge in [0.05, 0.1) is 0 Å². The molecule has 0 aromatic carbocycles. The molecule has 0 aliphatic carbocycles. The van der Waals surface area contributed by atoms with Gasteiger partial charge in [-0.1, -0.05) is 0 Å². The number of hydrogen-bond donors (Lipinski definition) is 0. The van der Waals surface area contributed by atoms with E-state index in [1.165, 1.54) is 0 Å². The van der Waals surface area contributed by atoms with Crippen LogP contribution in [0.3, 0.4) is 0 Å². The van der Waals surface area contributed by atoms with Crippen molar-refractivity contribution in [1.82, 2.24) is 0 Å². The van der Waals surface area contributed by atoms with Crippen LogP contribution in [0.2, 0.25) is 0 Å². The van der Waals surface area contributed by atoms with Crippen molar-refractivity contribution in [2.45, 2.75) is 0 Å². The van der Waals surface area contributed by atoms with Gasteiger partial charge in [-0.05, 0) is 0 Å². The Hall–Kier alpha value is 4.99. The normalized spacial score (nSPS) is 0. The van der Waals surface area contributed by atoms with Gasteiger partial charge in [-0.15, -0.1) is 0 Å². The molecule has 0 N–H and O–H groups in total. The minimum Gasteiger partial charge on any atom is 0 e. The van der Waals surface area contributed by atoms with Crippen LogP contribution in [0.5, 0.6) is 0 Å². The van der Waals surface area contributed by atoms with E-state index in [0.29, 0.717) is 0 Å². The van der Waals surface area contributed by atoms with Gasteiger partial charge in [0.1, 0.15) is 0 Å². The molecule has 0 amide bonds. The topological polar surface area (TPSA) is 0 Å². The summed E-state index contributed by atoms with van der Waals surface area (Å²) >= 11 is 0. The van der Waals surface area contributed by atoms with Crippen molar-refractivity contribution in [2.75, 3.05) is 0 Å². The molecular weight excluding hydrogens is 535 g/mol. The van der Waals surface area contributed by atoms with Crippen molar-refractivity contribution in [1.29, 1.82) is 0 Å². The molecule has 0 aliphatic heterocycles. The SMILES string of the molecule is [Fe].[Fe].[Fe].[Fe].[Fe].[Fe].[Fe].[Nd]. The Bertz CT molecular complexity index is 4.35. The largest absolute Gasteiger partial charge is 0 e. The Morgan fingerprint density at radius 2 is 0.250 bits per heavy atom. The summed E-state index contributed by atoms with van der Waals surface area (Å²) in [5, 5.41) is 0. The monoisotopic (exact) mass is 533 g/mol. The van der Waals surface area contributed by atoms with Gasteiger partial charge < -0.3 is 0 Å². The predicted octanol–water partition coefficient (Wildman–Crippen LogP) is -0.0175. The zero-order valence-corrected chi connectivity index (χ0v) is 13.9. The van der Waals surface area contributed by atoms with Crippen molar-refractivity contribution in [2.24, 2.45) is 0 Å². The molecule has 0 nitrogen and oxygen atoms in total. The first kappa shape index (κ1) is 75.0. The first-order valence-corrected chi connectivity index (χ1v) is 0. The Morgan fingerprint density at radius 3 is 0.250 bits per heavy atom. The molecule has 8 heavy (non-hydrogen) atoms. The van der Waals surface area contributed by atoms with Crippen LogP contribution in [0.4, 0.5) is 0 Å². The molecule has 8 heteroatoms. The standard InChI is InChI=1S/7Fe.Nd. The maximum atomic E-state index is 0. The summed E-state index contributed by atoms with van der Waals surface area (Å²) < 4.78 is 0. The average molecular weight is 535 g/mol. The van der Waals surface area contributed by atoms with Gasteiger partial charge in [-0.2, -0.15) is 0 Å².